The van der Waals surface area contributed by atoms with Gasteiger partial charge in [-0.25, -0.2) is 12.8 Å². The molecule has 1 fully saturated rings. The summed E-state index contributed by atoms with van der Waals surface area (Å²) < 4.78 is 37.8. The Balaban J connectivity index is 1.91. The summed E-state index contributed by atoms with van der Waals surface area (Å²) in [6.45, 7) is 6.98. The van der Waals surface area contributed by atoms with Crippen LogP contribution in [0.2, 0.25) is 0 Å². The fourth-order valence-electron chi connectivity index (χ4n) is 3.16. The Hall–Kier alpha value is -1.47. The van der Waals surface area contributed by atoms with Gasteiger partial charge in [-0.1, -0.05) is 13.8 Å². The van der Waals surface area contributed by atoms with Gasteiger partial charge in [0, 0.05) is 19.0 Å². The number of nitrogens with zero attached hydrogens (tertiary/aromatic N) is 1. The van der Waals surface area contributed by atoms with Gasteiger partial charge in [0.1, 0.15) is 5.82 Å². The van der Waals surface area contributed by atoms with Crippen LogP contribution in [0.25, 0.3) is 0 Å². The highest BCUT2D eigenvalue weighted by molar-refractivity contribution is 7.91. The molecule has 1 unspecified atom stereocenters. The van der Waals surface area contributed by atoms with E-state index in [0.29, 0.717) is 19.0 Å². The Morgan fingerprint density at radius 1 is 1.28 bits per heavy atom. The SMILES string of the molecule is CCNCC1CCN(C(=O)C(C)CS(=O)(=O)c2ccc(F)cc2)CC1. The van der Waals surface area contributed by atoms with Gasteiger partial charge in [0.25, 0.3) is 0 Å². The third kappa shape index (κ3) is 5.51. The lowest BCUT2D eigenvalue weighted by atomic mass is 9.96. The average Bonchev–Trinajstić information content (AvgIpc) is 2.59. The Bertz CT molecular complexity index is 668. The van der Waals surface area contributed by atoms with E-state index in [1.165, 1.54) is 12.1 Å². The van der Waals surface area contributed by atoms with Gasteiger partial charge in [0.2, 0.25) is 5.91 Å². The maximum absolute atomic E-state index is 13.0. The molecule has 1 N–H and O–H groups in total. The second-order valence-electron chi connectivity index (χ2n) is 6.71. The number of nitrogens with one attached hydrogen (secondary N) is 1. The quantitative estimate of drug-likeness (QED) is 0.747. The van der Waals surface area contributed by atoms with Crippen LogP contribution in [0.15, 0.2) is 29.2 Å². The van der Waals surface area contributed by atoms with Gasteiger partial charge in [-0.15, -0.1) is 0 Å². The normalized spacial score (nSPS) is 17.5. The van der Waals surface area contributed by atoms with Crippen LogP contribution in [0.4, 0.5) is 4.39 Å². The number of likely N-dealkylation sites (tertiary alicyclic amines) is 1. The lowest BCUT2D eigenvalue weighted by Crippen LogP contribution is -2.44. The van der Waals surface area contributed by atoms with E-state index in [1.807, 2.05) is 0 Å². The molecule has 1 aliphatic rings. The smallest absolute Gasteiger partial charge is 0.226 e. The summed E-state index contributed by atoms with van der Waals surface area (Å²) in [6, 6.07) is 4.73. The van der Waals surface area contributed by atoms with Crippen molar-refractivity contribution in [1.82, 2.24) is 10.2 Å². The number of hydrogen-bond acceptors (Lipinski definition) is 4. The summed E-state index contributed by atoms with van der Waals surface area (Å²) in [4.78, 5) is 14.4. The van der Waals surface area contributed by atoms with Gasteiger partial charge in [-0.2, -0.15) is 0 Å². The molecule has 25 heavy (non-hydrogen) atoms. The van der Waals surface area contributed by atoms with Crippen molar-refractivity contribution in [3.63, 3.8) is 0 Å². The zero-order valence-corrected chi connectivity index (χ0v) is 15.7. The van der Waals surface area contributed by atoms with Crippen LogP contribution >= 0.6 is 0 Å². The zero-order chi connectivity index (χ0) is 18.4. The average molecular weight is 370 g/mol. The molecule has 0 aromatic heterocycles. The molecule has 5 nitrogen and oxygen atoms in total. The number of amides is 1. The second kappa shape index (κ2) is 8.76. The molecule has 0 spiro atoms. The van der Waals surface area contributed by atoms with Gasteiger partial charge in [-0.05, 0) is 56.1 Å². The van der Waals surface area contributed by atoms with Crippen LogP contribution in [-0.4, -0.2) is 51.2 Å². The van der Waals surface area contributed by atoms with Crippen LogP contribution in [0.1, 0.15) is 26.7 Å². The van der Waals surface area contributed by atoms with Gasteiger partial charge in [0.05, 0.1) is 10.6 Å². The lowest BCUT2D eigenvalue weighted by Gasteiger charge is -2.33. The first kappa shape index (κ1) is 19.8. The Morgan fingerprint density at radius 2 is 1.88 bits per heavy atom. The van der Waals surface area contributed by atoms with E-state index < -0.39 is 21.6 Å². The molecule has 0 radical (unpaired) electrons. The van der Waals surface area contributed by atoms with Gasteiger partial charge < -0.3 is 10.2 Å². The largest absolute Gasteiger partial charge is 0.342 e. The minimum atomic E-state index is -3.61. The fourth-order valence-corrected chi connectivity index (χ4v) is 4.70. The number of sulfone groups is 1. The van der Waals surface area contributed by atoms with Crippen molar-refractivity contribution in [3.8, 4) is 0 Å². The minimum absolute atomic E-state index is 0.0536. The van der Waals surface area contributed by atoms with E-state index in [1.54, 1.807) is 11.8 Å². The molecule has 1 aliphatic heterocycles. The van der Waals surface area contributed by atoms with Crippen LogP contribution in [0.3, 0.4) is 0 Å². The highest BCUT2D eigenvalue weighted by Crippen LogP contribution is 2.20. The number of halogens is 1. The Kier molecular flexibility index (Phi) is 6.95. The summed E-state index contributed by atoms with van der Waals surface area (Å²) in [5.41, 5.74) is 0. The van der Waals surface area contributed by atoms with Crippen molar-refractivity contribution >= 4 is 15.7 Å². The number of hydrogen-bond donors (Lipinski definition) is 1. The Labute approximate surface area is 149 Å². The van der Waals surface area contributed by atoms with E-state index in [2.05, 4.69) is 12.2 Å². The zero-order valence-electron chi connectivity index (χ0n) is 14.9. The molecule has 140 valence electrons. The number of carbonyl (C=O) groups is 1. The molecule has 0 bridgehead atoms. The predicted molar refractivity (Wildman–Crippen MR) is 95.5 cm³/mol. The van der Waals surface area contributed by atoms with E-state index in [4.69, 9.17) is 0 Å². The number of piperidine rings is 1. The number of rotatable bonds is 7. The van der Waals surface area contributed by atoms with Gasteiger partial charge in [-0.3, -0.25) is 4.79 Å². The van der Waals surface area contributed by atoms with Crippen molar-refractivity contribution in [2.45, 2.75) is 31.6 Å². The van der Waals surface area contributed by atoms with Crippen molar-refractivity contribution in [3.05, 3.63) is 30.1 Å². The monoisotopic (exact) mass is 370 g/mol. The summed E-state index contributed by atoms with van der Waals surface area (Å²) in [7, 11) is -3.61. The topological polar surface area (TPSA) is 66.5 Å². The molecular weight excluding hydrogens is 343 g/mol. The lowest BCUT2D eigenvalue weighted by molar-refractivity contribution is -0.135. The van der Waals surface area contributed by atoms with Gasteiger partial charge >= 0.3 is 0 Å². The van der Waals surface area contributed by atoms with Crippen molar-refractivity contribution in [1.29, 1.82) is 0 Å². The van der Waals surface area contributed by atoms with Gasteiger partial charge in [0.15, 0.2) is 9.84 Å². The van der Waals surface area contributed by atoms with Crippen LogP contribution in [0, 0.1) is 17.7 Å². The third-order valence-corrected chi connectivity index (χ3v) is 6.60. The molecular formula is C18H27FN2O3S. The number of carbonyl (C=O) groups excluding carboxylic acids is 1. The molecule has 0 saturated carbocycles. The molecule has 2 rings (SSSR count). The summed E-state index contributed by atoms with van der Waals surface area (Å²) >= 11 is 0. The van der Waals surface area contributed by atoms with Crippen LogP contribution < -0.4 is 5.32 Å². The fraction of sp³-hybridized carbons (Fsp3) is 0.611. The molecule has 1 atom stereocenters. The summed E-state index contributed by atoms with van der Waals surface area (Å²) in [6.07, 6.45) is 1.88. The Morgan fingerprint density at radius 3 is 2.44 bits per heavy atom. The van der Waals surface area contributed by atoms with E-state index in [0.717, 1.165) is 38.1 Å². The maximum atomic E-state index is 13.0. The number of benzene rings is 1. The first-order valence-corrected chi connectivity index (χ1v) is 10.5. The van der Waals surface area contributed by atoms with Crippen molar-refractivity contribution in [2.24, 2.45) is 11.8 Å². The highest BCUT2D eigenvalue weighted by atomic mass is 32.2. The maximum Gasteiger partial charge on any atom is 0.226 e. The minimum Gasteiger partial charge on any atom is -0.342 e. The van der Waals surface area contributed by atoms with Crippen molar-refractivity contribution < 1.29 is 17.6 Å². The highest BCUT2D eigenvalue weighted by Gasteiger charge is 2.29. The van der Waals surface area contributed by atoms with E-state index in [-0.39, 0.29) is 16.6 Å². The molecule has 1 heterocycles. The molecule has 1 saturated heterocycles. The van der Waals surface area contributed by atoms with Crippen LogP contribution in [0.5, 0.6) is 0 Å². The second-order valence-corrected chi connectivity index (χ2v) is 8.75. The molecule has 1 aromatic carbocycles. The molecule has 0 aliphatic carbocycles. The molecule has 1 aromatic rings. The first-order chi connectivity index (χ1) is 11.8. The predicted octanol–water partition coefficient (Wildman–Crippen LogP) is 2.08. The van der Waals surface area contributed by atoms with Crippen molar-refractivity contribution in [2.75, 3.05) is 31.9 Å². The standard InChI is InChI=1S/C18H27FN2O3S/c1-3-20-12-15-8-10-21(11-9-15)18(22)14(2)13-25(23,24)17-6-4-16(19)5-7-17/h4-7,14-15,20H,3,8-13H2,1-2H3. The first-order valence-electron chi connectivity index (χ1n) is 8.81. The van der Waals surface area contributed by atoms with E-state index in [9.17, 15) is 17.6 Å². The third-order valence-electron chi connectivity index (χ3n) is 4.67. The molecule has 1 amide bonds. The molecule has 7 heteroatoms. The van der Waals surface area contributed by atoms with Crippen LogP contribution in [-0.2, 0) is 14.6 Å². The van der Waals surface area contributed by atoms with E-state index >= 15 is 0 Å². The summed E-state index contributed by atoms with van der Waals surface area (Å²) in [5, 5.41) is 3.33. The summed E-state index contributed by atoms with van der Waals surface area (Å²) in [5.74, 6) is -0.895.